The van der Waals surface area contributed by atoms with E-state index in [0.29, 0.717) is 22.2 Å². The molecule has 0 saturated heterocycles. The van der Waals surface area contributed by atoms with Crippen molar-refractivity contribution in [3.63, 3.8) is 0 Å². The molecule has 5 aromatic rings. The summed E-state index contributed by atoms with van der Waals surface area (Å²) in [4.78, 5) is 9.71. The van der Waals surface area contributed by atoms with E-state index in [1.165, 1.54) is 12.1 Å². The Kier molecular flexibility index (Phi) is 6.12. The zero-order valence-electron chi connectivity index (χ0n) is 18.7. The van der Waals surface area contributed by atoms with Gasteiger partial charge in [0.1, 0.15) is 11.9 Å². The number of nitrogens with two attached hydrogens (primary N) is 1. The van der Waals surface area contributed by atoms with Crippen LogP contribution in [0.5, 0.6) is 0 Å². The number of fused-ring (bicyclic) bond motifs is 1. The topological polar surface area (TPSA) is 100 Å². The van der Waals surface area contributed by atoms with Crippen molar-refractivity contribution in [1.29, 1.82) is 0 Å². The number of halogens is 1. The third-order valence-corrected chi connectivity index (χ3v) is 6.84. The number of ether oxygens (including phenoxy) is 1. The number of benzene rings is 3. The van der Waals surface area contributed by atoms with E-state index in [0.717, 1.165) is 22.2 Å². The molecule has 2 aromatic heterocycles. The molecule has 0 spiro atoms. The molecule has 2 heterocycles. The minimum Gasteiger partial charge on any atom is -0.369 e. The van der Waals surface area contributed by atoms with E-state index < -0.39 is 16.1 Å². The van der Waals surface area contributed by atoms with E-state index in [1.54, 1.807) is 31.4 Å². The Morgan fingerprint density at radius 1 is 0.886 bits per heavy atom. The summed E-state index contributed by atoms with van der Waals surface area (Å²) in [5.41, 5.74) is 3.78. The Hall–Kier alpha value is -3.56. The Balaban J connectivity index is 1.64. The van der Waals surface area contributed by atoms with Crippen LogP contribution in [-0.2, 0) is 14.8 Å². The summed E-state index contributed by atoms with van der Waals surface area (Å²) in [6.45, 7) is 0. The van der Waals surface area contributed by atoms with E-state index in [-0.39, 0.29) is 4.90 Å². The van der Waals surface area contributed by atoms with Gasteiger partial charge in [-0.2, -0.15) is 0 Å². The largest absolute Gasteiger partial charge is 0.369 e. The number of nitrogens with zero attached hydrogens (tertiary/aromatic N) is 3. The molecule has 0 bridgehead atoms. The van der Waals surface area contributed by atoms with Gasteiger partial charge in [-0.25, -0.2) is 23.5 Å². The van der Waals surface area contributed by atoms with Gasteiger partial charge >= 0.3 is 0 Å². The van der Waals surface area contributed by atoms with Crippen molar-refractivity contribution >= 4 is 32.5 Å². The molecule has 1 atom stereocenters. The molecule has 0 aliphatic rings. The third-order valence-electron chi connectivity index (χ3n) is 5.66. The summed E-state index contributed by atoms with van der Waals surface area (Å²) in [7, 11) is -2.19. The van der Waals surface area contributed by atoms with Gasteiger partial charge in [0.05, 0.1) is 21.8 Å². The molecule has 3 aromatic carbocycles. The summed E-state index contributed by atoms with van der Waals surface area (Å²) >= 11 is 6.10. The minimum absolute atomic E-state index is 0.0322. The summed E-state index contributed by atoms with van der Waals surface area (Å²) in [6.07, 6.45) is 1.34. The predicted octanol–water partition coefficient (Wildman–Crippen LogP) is 5.12. The van der Waals surface area contributed by atoms with Crippen molar-refractivity contribution < 1.29 is 13.2 Å². The van der Waals surface area contributed by atoms with Crippen LogP contribution in [0.25, 0.3) is 28.0 Å². The molecule has 9 heteroatoms. The predicted molar refractivity (Wildman–Crippen MR) is 136 cm³/mol. The Morgan fingerprint density at radius 3 is 2.29 bits per heavy atom. The summed E-state index contributed by atoms with van der Waals surface area (Å²) in [5.74, 6) is 0.642. The zero-order valence-corrected chi connectivity index (χ0v) is 20.2. The molecule has 7 nitrogen and oxygen atoms in total. The maximum atomic E-state index is 11.7. The first-order chi connectivity index (χ1) is 16.8. The highest BCUT2D eigenvalue weighted by atomic mass is 35.5. The van der Waals surface area contributed by atoms with Crippen LogP contribution in [0.3, 0.4) is 0 Å². The SMILES string of the molecule is COC(c1cn(-c2ccc(S(N)(=O)=O)cc2)c(-c2ccc(Cl)cc2)n1)c1ccc2ccccc2n1. The molecular weight excluding hydrogens is 484 g/mol. The molecule has 0 fully saturated rings. The van der Waals surface area contributed by atoms with Gasteiger partial charge in [-0.1, -0.05) is 35.9 Å². The molecule has 35 heavy (non-hydrogen) atoms. The lowest BCUT2D eigenvalue weighted by Gasteiger charge is -2.13. The summed E-state index contributed by atoms with van der Waals surface area (Å²) < 4.78 is 31.1. The smallest absolute Gasteiger partial charge is 0.238 e. The third kappa shape index (κ3) is 4.69. The molecule has 176 valence electrons. The Bertz CT molecular complexity index is 1620. The quantitative estimate of drug-likeness (QED) is 0.346. The number of sulfonamides is 1. The van der Waals surface area contributed by atoms with E-state index in [4.69, 9.17) is 31.4 Å². The van der Waals surface area contributed by atoms with Crippen LogP contribution in [-0.4, -0.2) is 30.1 Å². The highest BCUT2D eigenvalue weighted by Gasteiger charge is 2.22. The van der Waals surface area contributed by atoms with Crippen LogP contribution in [0, 0.1) is 0 Å². The van der Waals surface area contributed by atoms with Crippen LogP contribution >= 0.6 is 11.6 Å². The molecule has 0 aliphatic carbocycles. The number of imidazole rings is 1. The highest BCUT2D eigenvalue weighted by molar-refractivity contribution is 7.89. The second-order valence-electron chi connectivity index (χ2n) is 7.95. The van der Waals surface area contributed by atoms with Crippen molar-refractivity contribution in [2.24, 2.45) is 5.14 Å². The summed E-state index contributed by atoms with van der Waals surface area (Å²) in [6, 6.07) is 25.4. The molecule has 0 saturated carbocycles. The standard InChI is InChI=1S/C26H21ClN4O3S/c1-34-25(23-15-8-17-4-2-3-5-22(17)29-23)24-16-31(20-11-13-21(14-12-20)35(28,32)33)26(30-24)18-6-9-19(27)10-7-18/h2-16,25H,1H3,(H2,28,32,33). The fourth-order valence-corrected chi connectivity index (χ4v) is 4.58. The average molecular weight is 505 g/mol. The highest BCUT2D eigenvalue weighted by Crippen LogP contribution is 2.31. The number of primary sulfonamides is 1. The second kappa shape index (κ2) is 9.24. The lowest BCUT2D eigenvalue weighted by molar-refractivity contribution is 0.130. The van der Waals surface area contributed by atoms with E-state index in [9.17, 15) is 8.42 Å². The number of para-hydroxylation sites is 1. The number of aromatic nitrogens is 3. The average Bonchev–Trinajstić information content (AvgIpc) is 3.29. The van der Waals surface area contributed by atoms with Crippen LogP contribution in [0.2, 0.25) is 5.02 Å². The maximum Gasteiger partial charge on any atom is 0.238 e. The second-order valence-corrected chi connectivity index (χ2v) is 9.95. The molecule has 5 rings (SSSR count). The van der Waals surface area contributed by atoms with Gasteiger partial charge in [0, 0.05) is 35.0 Å². The number of methoxy groups -OCH3 is 1. The van der Waals surface area contributed by atoms with Gasteiger partial charge in [-0.15, -0.1) is 0 Å². The van der Waals surface area contributed by atoms with Gasteiger partial charge in [0.2, 0.25) is 10.0 Å². The van der Waals surface area contributed by atoms with E-state index in [2.05, 4.69) is 0 Å². The molecular formula is C26H21ClN4O3S. The number of pyridine rings is 1. The van der Waals surface area contributed by atoms with Crippen molar-refractivity contribution in [3.05, 3.63) is 108 Å². The van der Waals surface area contributed by atoms with Gasteiger partial charge in [0.25, 0.3) is 0 Å². The van der Waals surface area contributed by atoms with Crippen LogP contribution in [0.1, 0.15) is 17.5 Å². The van der Waals surface area contributed by atoms with Gasteiger partial charge in [0.15, 0.2) is 0 Å². The van der Waals surface area contributed by atoms with Crippen LogP contribution in [0.4, 0.5) is 0 Å². The first-order valence-corrected chi connectivity index (χ1v) is 12.6. The van der Waals surface area contributed by atoms with Gasteiger partial charge in [-0.05, 0) is 60.7 Å². The monoisotopic (exact) mass is 504 g/mol. The van der Waals surface area contributed by atoms with Crippen LogP contribution < -0.4 is 5.14 Å². The molecule has 0 aliphatic heterocycles. The van der Waals surface area contributed by atoms with Gasteiger partial charge in [-0.3, -0.25) is 4.57 Å². The Morgan fingerprint density at radius 2 is 1.60 bits per heavy atom. The maximum absolute atomic E-state index is 11.7. The normalized spacial score (nSPS) is 12.7. The lowest BCUT2D eigenvalue weighted by atomic mass is 10.1. The first-order valence-electron chi connectivity index (χ1n) is 10.7. The zero-order chi connectivity index (χ0) is 24.6. The van der Waals surface area contributed by atoms with Crippen molar-refractivity contribution in [2.75, 3.05) is 7.11 Å². The fraction of sp³-hybridized carbons (Fsp3) is 0.0769. The van der Waals surface area contributed by atoms with Crippen molar-refractivity contribution in [1.82, 2.24) is 14.5 Å². The number of hydrogen-bond acceptors (Lipinski definition) is 5. The molecule has 0 radical (unpaired) electrons. The summed E-state index contributed by atoms with van der Waals surface area (Å²) in [5, 5.41) is 6.91. The minimum atomic E-state index is -3.80. The molecule has 0 amide bonds. The lowest BCUT2D eigenvalue weighted by Crippen LogP contribution is -2.12. The number of hydrogen-bond donors (Lipinski definition) is 1. The Labute approximate surface area is 207 Å². The first kappa shape index (κ1) is 23.2. The van der Waals surface area contributed by atoms with Crippen LogP contribution in [0.15, 0.2) is 96.0 Å². The number of rotatable bonds is 6. The van der Waals surface area contributed by atoms with Crippen molar-refractivity contribution in [3.8, 4) is 17.1 Å². The van der Waals surface area contributed by atoms with Crippen molar-refractivity contribution in [2.45, 2.75) is 11.0 Å². The van der Waals surface area contributed by atoms with Gasteiger partial charge < -0.3 is 4.74 Å². The van der Waals surface area contributed by atoms with E-state index >= 15 is 0 Å². The molecule has 1 unspecified atom stereocenters. The van der Waals surface area contributed by atoms with E-state index in [1.807, 2.05) is 59.3 Å². The fourth-order valence-electron chi connectivity index (χ4n) is 3.94. The molecule has 2 N–H and O–H groups in total.